The van der Waals surface area contributed by atoms with E-state index in [1.165, 1.54) is 0 Å². The first-order chi connectivity index (χ1) is 14.3. The number of likely N-dealkylation sites (N-methyl/N-ethyl adjacent to an activating group) is 1. The minimum atomic E-state index is -0.844. The third-order valence-corrected chi connectivity index (χ3v) is 6.02. The highest BCUT2D eigenvalue weighted by Crippen LogP contribution is 2.37. The average Bonchev–Trinajstić information content (AvgIpc) is 2.90. The van der Waals surface area contributed by atoms with Crippen LogP contribution >= 0.6 is 0 Å². The van der Waals surface area contributed by atoms with Crippen LogP contribution < -0.4 is 10.6 Å². The molecule has 8 nitrogen and oxygen atoms in total. The lowest BCUT2D eigenvalue weighted by Gasteiger charge is -2.41. The molecule has 2 aliphatic rings. The van der Waals surface area contributed by atoms with Crippen molar-refractivity contribution in [3.8, 4) is 0 Å². The van der Waals surface area contributed by atoms with Gasteiger partial charge in [0.1, 0.15) is 12.1 Å². The average molecular weight is 414 g/mol. The third kappa shape index (κ3) is 4.18. The number of piperidine rings is 1. The molecule has 0 bridgehead atoms. The van der Waals surface area contributed by atoms with Gasteiger partial charge in [0, 0.05) is 46.0 Å². The summed E-state index contributed by atoms with van der Waals surface area (Å²) in [5, 5.41) is 0. The summed E-state index contributed by atoms with van der Waals surface area (Å²) in [6, 6.07) is 7.95. The minimum absolute atomic E-state index is 0.288. The molecule has 8 heteroatoms. The predicted octanol–water partition coefficient (Wildman–Crippen LogP) is 1.37. The van der Waals surface area contributed by atoms with E-state index in [9.17, 15) is 14.4 Å². The fraction of sp³-hybridized carbons (Fsp3) is 0.500. The second-order valence-electron chi connectivity index (χ2n) is 8.10. The standard InChI is InChI=1S/C22H31N5O3/c1-4-27-21(30)26(16-19(23)28)20(29)22(27)11-14-25(15-12-22)13-5-6-17-7-9-18(10-8-17)24(2)3/h5-10H,4,11-16H2,1-3H3,(H2,23,28)/b6-5+. The fourth-order valence-electron chi connectivity index (χ4n) is 4.33. The van der Waals surface area contributed by atoms with Crippen LogP contribution in [-0.2, 0) is 9.59 Å². The smallest absolute Gasteiger partial charge is 0.328 e. The number of amides is 4. The lowest BCUT2D eigenvalue weighted by atomic mass is 9.86. The van der Waals surface area contributed by atoms with Crippen LogP contribution in [0.5, 0.6) is 0 Å². The number of primary amides is 1. The highest BCUT2D eigenvalue weighted by Gasteiger charge is 2.57. The lowest BCUT2D eigenvalue weighted by molar-refractivity contribution is -0.137. The molecule has 2 fully saturated rings. The quantitative estimate of drug-likeness (QED) is 0.682. The van der Waals surface area contributed by atoms with Crippen molar-refractivity contribution in [1.82, 2.24) is 14.7 Å². The predicted molar refractivity (Wildman–Crippen MR) is 117 cm³/mol. The van der Waals surface area contributed by atoms with Gasteiger partial charge in [-0.3, -0.25) is 19.4 Å². The summed E-state index contributed by atoms with van der Waals surface area (Å²) in [7, 11) is 4.03. The second kappa shape index (κ2) is 8.87. The third-order valence-electron chi connectivity index (χ3n) is 6.02. The molecule has 3 rings (SSSR count). The zero-order chi connectivity index (χ0) is 21.9. The number of hydrogen-bond acceptors (Lipinski definition) is 5. The van der Waals surface area contributed by atoms with Crippen molar-refractivity contribution >= 4 is 29.6 Å². The van der Waals surface area contributed by atoms with Crippen molar-refractivity contribution in [3.63, 3.8) is 0 Å². The molecule has 2 saturated heterocycles. The van der Waals surface area contributed by atoms with Gasteiger partial charge in [0.05, 0.1) is 0 Å². The number of imide groups is 1. The minimum Gasteiger partial charge on any atom is -0.378 e. The number of urea groups is 1. The highest BCUT2D eigenvalue weighted by atomic mass is 16.2. The summed E-state index contributed by atoms with van der Waals surface area (Å²) in [5.74, 6) is -0.963. The zero-order valence-electron chi connectivity index (χ0n) is 18.0. The number of benzene rings is 1. The Morgan fingerprint density at radius 3 is 2.33 bits per heavy atom. The van der Waals surface area contributed by atoms with E-state index >= 15 is 0 Å². The van der Waals surface area contributed by atoms with Gasteiger partial charge in [-0.2, -0.15) is 0 Å². The van der Waals surface area contributed by atoms with Crippen LogP contribution in [0, 0.1) is 0 Å². The molecule has 0 atom stereocenters. The number of carbonyl (C=O) groups excluding carboxylic acids is 3. The molecule has 2 heterocycles. The molecule has 4 amide bonds. The number of nitrogens with zero attached hydrogens (tertiary/aromatic N) is 4. The first-order valence-corrected chi connectivity index (χ1v) is 10.4. The highest BCUT2D eigenvalue weighted by molar-refractivity contribution is 6.09. The number of anilines is 1. The normalized spacial score (nSPS) is 19.3. The van der Waals surface area contributed by atoms with Gasteiger partial charge < -0.3 is 15.5 Å². The Balaban J connectivity index is 1.60. The molecular formula is C22H31N5O3. The van der Waals surface area contributed by atoms with Crippen molar-refractivity contribution in [1.29, 1.82) is 0 Å². The van der Waals surface area contributed by atoms with Gasteiger partial charge in [-0.15, -0.1) is 0 Å². The Kier molecular flexibility index (Phi) is 6.45. The van der Waals surface area contributed by atoms with Crippen molar-refractivity contribution < 1.29 is 14.4 Å². The molecule has 162 valence electrons. The maximum Gasteiger partial charge on any atom is 0.328 e. The molecule has 0 radical (unpaired) electrons. The molecule has 0 aromatic heterocycles. The van der Waals surface area contributed by atoms with Crippen LogP contribution in [-0.4, -0.2) is 84.9 Å². The summed E-state index contributed by atoms with van der Waals surface area (Å²) in [5.41, 5.74) is 6.69. The van der Waals surface area contributed by atoms with Gasteiger partial charge in [0.15, 0.2) is 0 Å². The summed E-state index contributed by atoms with van der Waals surface area (Å²) in [6.07, 6.45) is 5.35. The molecule has 1 aromatic carbocycles. The van der Waals surface area contributed by atoms with E-state index in [1.807, 2.05) is 21.0 Å². The molecule has 0 aliphatic carbocycles. The van der Waals surface area contributed by atoms with Crippen LogP contribution in [0.4, 0.5) is 10.5 Å². The Morgan fingerprint density at radius 1 is 1.17 bits per heavy atom. The Hall–Kier alpha value is -2.87. The van der Waals surface area contributed by atoms with Crippen LogP contribution in [0.1, 0.15) is 25.3 Å². The summed E-state index contributed by atoms with van der Waals surface area (Å²) >= 11 is 0. The van der Waals surface area contributed by atoms with Crippen molar-refractivity contribution in [3.05, 3.63) is 35.9 Å². The topological polar surface area (TPSA) is 90.2 Å². The maximum atomic E-state index is 13.0. The number of likely N-dealkylation sites (tertiary alicyclic amines) is 1. The number of hydrogen-bond donors (Lipinski definition) is 1. The van der Waals surface area contributed by atoms with Crippen molar-refractivity contribution in [2.24, 2.45) is 5.73 Å². The van der Waals surface area contributed by atoms with Crippen LogP contribution in [0.2, 0.25) is 0 Å². The maximum absolute atomic E-state index is 13.0. The SMILES string of the molecule is CCN1C(=O)N(CC(N)=O)C(=O)C12CCN(C/C=C/c1ccc(N(C)C)cc1)CC2. The summed E-state index contributed by atoms with van der Waals surface area (Å²) in [4.78, 5) is 43.9. The molecular weight excluding hydrogens is 382 g/mol. The largest absolute Gasteiger partial charge is 0.378 e. The first kappa shape index (κ1) is 21.8. The monoisotopic (exact) mass is 413 g/mol. The van der Waals surface area contributed by atoms with Crippen molar-refractivity contribution in [2.75, 3.05) is 51.7 Å². The van der Waals surface area contributed by atoms with Gasteiger partial charge >= 0.3 is 6.03 Å². The van der Waals surface area contributed by atoms with E-state index in [0.717, 1.165) is 22.7 Å². The van der Waals surface area contributed by atoms with E-state index in [-0.39, 0.29) is 12.5 Å². The first-order valence-electron chi connectivity index (χ1n) is 10.4. The molecule has 1 spiro atoms. The van der Waals surface area contributed by atoms with Crippen LogP contribution in [0.3, 0.4) is 0 Å². The van der Waals surface area contributed by atoms with Crippen LogP contribution in [0.15, 0.2) is 30.3 Å². The van der Waals surface area contributed by atoms with Gasteiger partial charge in [-0.1, -0.05) is 24.3 Å². The summed E-state index contributed by atoms with van der Waals surface area (Å²) < 4.78 is 0. The van der Waals surface area contributed by atoms with Gasteiger partial charge in [0.2, 0.25) is 5.91 Å². The number of nitrogens with two attached hydrogens (primary N) is 1. The van der Waals surface area contributed by atoms with E-state index in [0.29, 0.717) is 32.5 Å². The van der Waals surface area contributed by atoms with Crippen molar-refractivity contribution in [2.45, 2.75) is 25.3 Å². The molecule has 30 heavy (non-hydrogen) atoms. The van der Waals surface area contributed by atoms with Crippen LogP contribution in [0.25, 0.3) is 6.08 Å². The fourth-order valence-corrected chi connectivity index (χ4v) is 4.33. The van der Waals surface area contributed by atoms with E-state index in [2.05, 4.69) is 46.2 Å². The Morgan fingerprint density at radius 2 is 1.80 bits per heavy atom. The second-order valence-corrected chi connectivity index (χ2v) is 8.10. The lowest BCUT2D eigenvalue weighted by Crippen LogP contribution is -2.56. The Bertz CT molecular complexity index is 826. The summed E-state index contributed by atoms with van der Waals surface area (Å²) in [6.45, 7) is 4.15. The van der Waals surface area contributed by atoms with Gasteiger partial charge in [-0.05, 0) is 37.5 Å². The molecule has 1 aromatic rings. The molecule has 0 unspecified atom stereocenters. The van der Waals surface area contributed by atoms with E-state index < -0.39 is 17.5 Å². The van der Waals surface area contributed by atoms with E-state index in [4.69, 9.17) is 5.73 Å². The van der Waals surface area contributed by atoms with Gasteiger partial charge in [0.25, 0.3) is 5.91 Å². The molecule has 2 aliphatic heterocycles. The number of rotatable bonds is 7. The molecule has 2 N–H and O–H groups in total. The number of carbonyl (C=O) groups is 3. The van der Waals surface area contributed by atoms with Gasteiger partial charge in [-0.25, -0.2) is 4.79 Å². The zero-order valence-corrected chi connectivity index (χ0v) is 18.0. The Labute approximate surface area is 177 Å². The van der Waals surface area contributed by atoms with E-state index in [1.54, 1.807) is 4.90 Å². The molecule has 0 saturated carbocycles.